The van der Waals surface area contributed by atoms with Gasteiger partial charge in [-0.05, 0) is 33.6 Å². The van der Waals surface area contributed by atoms with E-state index in [0.717, 1.165) is 0 Å². The van der Waals surface area contributed by atoms with Crippen molar-refractivity contribution in [3.8, 4) is 0 Å². The van der Waals surface area contributed by atoms with E-state index in [-0.39, 0.29) is 24.2 Å². The van der Waals surface area contributed by atoms with Crippen molar-refractivity contribution in [1.82, 2.24) is 9.80 Å². The van der Waals surface area contributed by atoms with Crippen molar-refractivity contribution in [3.05, 3.63) is 0 Å². The van der Waals surface area contributed by atoms with E-state index in [4.69, 9.17) is 0 Å². The first-order valence-electron chi connectivity index (χ1n) is 7.58. The summed E-state index contributed by atoms with van der Waals surface area (Å²) in [6, 6.07) is -1.10. The monoisotopic (exact) mass is 298 g/mol. The van der Waals surface area contributed by atoms with E-state index in [1.165, 1.54) is 4.90 Å². The fraction of sp³-hybridized carbons (Fsp3) is 0.800. The minimum Gasteiger partial charge on any atom is -0.481 e. The maximum atomic E-state index is 12.4. The number of likely N-dealkylation sites (N-methyl/N-ethyl adjacent to an activating group) is 1. The second-order valence-electron chi connectivity index (χ2n) is 5.77. The molecule has 2 amide bonds. The highest BCUT2D eigenvalue weighted by molar-refractivity contribution is 5.89. The third kappa shape index (κ3) is 3.36. The van der Waals surface area contributed by atoms with Crippen molar-refractivity contribution < 1.29 is 19.5 Å². The lowest BCUT2D eigenvalue weighted by molar-refractivity contribution is -0.161. The highest BCUT2D eigenvalue weighted by Gasteiger charge is 2.45. The SMILES string of the molecule is CCN(CC)C(=O)C(C)N1C(=O)CC(C)C(C(=O)O)C1C. The maximum absolute atomic E-state index is 12.4. The number of piperidine rings is 1. The number of hydrogen-bond donors (Lipinski definition) is 1. The average Bonchev–Trinajstić information content (AvgIpc) is 2.38. The van der Waals surface area contributed by atoms with Crippen LogP contribution in [0.2, 0.25) is 0 Å². The molecule has 0 aromatic carbocycles. The minimum atomic E-state index is -0.907. The summed E-state index contributed by atoms with van der Waals surface area (Å²) in [7, 11) is 0. The summed E-state index contributed by atoms with van der Waals surface area (Å²) in [6.07, 6.45) is 0.178. The molecule has 0 bridgehead atoms. The number of nitrogens with zero attached hydrogens (tertiary/aromatic N) is 2. The number of carboxylic acids is 1. The van der Waals surface area contributed by atoms with Crippen LogP contribution in [0.25, 0.3) is 0 Å². The Morgan fingerprint density at radius 1 is 1.33 bits per heavy atom. The zero-order valence-corrected chi connectivity index (χ0v) is 13.5. The van der Waals surface area contributed by atoms with Gasteiger partial charge in [-0.15, -0.1) is 0 Å². The maximum Gasteiger partial charge on any atom is 0.308 e. The Hall–Kier alpha value is -1.59. The smallest absolute Gasteiger partial charge is 0.308 e. The van der Waals surface area contributed by atoms with Gasteiger partial charge in [0.1, 0.15) is 6.04 Å². The molecule has 0 saturated carbocycles. The summed E-state index contributed by atoms with van der Waals surface area (Å²) in [5, 5.41) is 9.37. The van der Waals surface area contributed by atoms with Crippen LogP contribution in [0.3, 0.4) is 0 Å². The molecule has 21 heavy (non-hydrogen) atoms. The van der Waals surface area contributed by atoms with E-state index in [0.29, 0.717) is 13.1 Å². The fourth-order valence-corrected chi connectivity index (χ4v) is 3.32. The fourth-order valence-electron chi connectivity index (χ4n) is 3.32. The van der Waals surface area contributed by atoms with Gasteiger partial charge >= 0.3 is 5.97 Å². The number of likely N-dealkylation sites (tertiary alicyclic amines) is 1. The second-order valence-corrected chi connectivity index (χ2v) is 5.77. The second kappa shape index (κ2) is 6.91. The normalized spacial score (nSPS) is 27.4. The molecule has 1 rings (SSSR count). The van der Waals surface area contributed by atoms with Gasteiger partial charge in [0, 0.05) is 25.6 Å². The van der Waals surface area contributed by atoms with Crippen molar-refractivity contribution >= 4 is 17.8 Å². The molecule has 0 aromatic heterocycles. The molecule has 0 aromatic rings. The molecule has 1 heterocycles. The van der Waals surface area contributed by atoms with E-state index in [1.807, 2.05) is 13.8 Å². The topological polar surface area (TPSA) is 77.9 Å². The molecule has 1 N–H and O–H groups in total. The summed E-state index contributed by atoms with van der Waals surface area (Å²) in [4.78, 5) is 39.3. The summed E-state index contributed by atoms with van der Waals surface area (Å²) in [5.41, 5.74) is 0. The van der Waals surface area contributed by atoms with Gasteiger partial charge in [-0.3, -0.25) is 14.4 Å². The van der Waals surface area contributed by atoms with Gasteiger partial charge in [0.15, 0.2) is 0 Å². The first kappa shape index (κ1) is 17.5. The molecule has 0 spiro atoms. The Labute approximate surface area is 126 Å². The van der Waals surface area contributed by atoms with Gasteiger partial charge in [0.2, 0.25) is 11.8 Å². The number of hydrogen-bond acceptors (Lipinski definition) is 3. The molecule has 6 heteroatoms. The van der Waals surface area contributed by atoms with Gasteiger partial charge in [0.05, 0.1) is 5.92 Å². The molecule has 1 fully saturated rings. The van der Waals surface area contributed by atoms with E-state index < -0.39 is 24.0 Å². The Balaban J connectivity index is 3.01. The predicted molar refractivity (Wildman–Crippen MR) is 78.6 cm³/mol. The molecule has 0 aliphatic carbocycles. The van der Waals surface area contributed by atoms with Crippen LogP contribution in [0, 0.1) is 11.8 Å². The van der Waals surface area contributed by atoms with E-state index >= 15 is 0 Å². The third-order valence-corrected chi connectivity index (χ3v) is 4.49. The highest BCUT2D eigenvalue weighted by atomic mass is 16.4. The summed E-state index contributed by atoms with van der Waals surface area (Å²) < 4.78 is 0. The Kier molecular flexibility index (Phi) is 5.75. The van der Waals surface area contributed by atoms with Gasteiger partial charge in [-0.1, -0.05) is 6.92 Å². The zero-order valence-electron chi connectivity index (χ0n) is 13.5. The van der Waals surface area contributed by atoms with Crippen molar-refractivity contribution in [2.45, 2.75) is 53.1 Å². The summed E-state index contributed by atoms with van der Waals surface area (Å²) >= 11 is 0. The molecular weight excluding hydrogens is 272 g/mol. The molecule has 120 valence electrons. The third-order valence-electron chi connectivity index (χ3n) is 4.49. The Morgan fingerprint density at radius 3 is 2.29 bits per heavy atom. The average molecular weight is 298 g/mol. The Morgan fingerprint density at radius 2 is 1.86 bits per heavy atom. The van der Waals surface area contributed by atoms with E-state index in [9.17, 15) is 19.5 Å². The van der Waals surface area contributed by atoms with Gasteiger partial charge in [-0.25, -0.2) is 0 Å². The lowest BCUT2D eigenvalue weighted by Gasteiger charge is -2.44. The van der Waals surface area contributed by atoms with Crippen LogP contribution in [-0.2, 0) is 14.4 Å². The van der Waals surface area contributed by atoms with Crippen molar-refractivity contribution in [2.24, 2.45) is 11.8 Å². The predicted octanol–water partition coefficient (Wildman–Crippen LogP) is 1.20. The van der Waals surface area contributed by atoms with Gasteiger partial charge in [-0.2, -0.15) is 0 Å². The van der Waals surface area contributed by atoms with Crippen LogP contribution >= 0.6 is 0 Å². The molecule has 1 aliphatic rings. The van der Waals surface area contributed by atoms with Crippen molar-refractivity contribution in [2.75, 3.05) is 13.1 Å². The number of carbonyl (C=O) groups is 3. The first-order valence-corrected chi connectivity index (χ1v) is 7.58. The number of rotatable bonds is 5. The molecule has 6 nitrogen and oxygen atoms in total. The van der Waals surface area contributed by atoms with Crippen LogP contribution in [0.1, 0.15) is 41.0 Å². The lowest BCUT2D eigenvalue weighted by atomic mass is 9.80. The molecule has 4 unspecified atom stereocenters. The molecular formula is C15H26N2O4. The quantitative estimate of drug-likeness (QED) is 0.827. The molecule has 1 saturated heterocycles. The lowest BCUT2D eigenvalue weighted by Crippen LogP contribution is -2.59. The molecule has 4 atom stereocenters. The summed E-state index contributed by atoms with van der Waals surface area (Å²) in [6.45, 7) is 10.1. The van der Waals surface area contributed by atoms with E-state index in [1.54, 1.807) is 25.7 Å². The number of carbonyl (C=O) groups excluding carboxylic acids is 2. The van der Waals surface area contributed by atoms with Crippen LogP contribution in [0.15, 0.2) is 0 Å². The number of carboxylic acid groups (broad SMARTS) is 1. The summed E-state index contributed by atoms with van der Waals surface area (Å²) in [5.74, 6) is -2.01. The standard InChI is InChI=1S/C15H26N2O4/c1-6-16(7-2)14(19)11(5)17-10(4)13(15(20)21)9(3)8-12(17)18/h9-11,13H,6-8H2,1-5H3,(H,20,21). The zero-order chi connectivity index (χ0) is 16.3. The first-order chi connectivity index (χ1) is 9.76. The van der Waals surface area contributed by atoms with Crippen LogP contribution in [0.5, 0.6) is 0 Å². The van der Waals surface area contributed by atoms with Crippen LogP contribution in [0.4, 0.5) is 0 Å². The van der Waals surface area contributed by atoms with Crippen molar-refractivity contribution in [3.63, 3.8) is 0 Å². The Bertz CT molecular complexity index is 420. The molecule has 1 aliphatic heterocycles. The van der Waals surface area contributed by atoms with Gasteiger partial charge < -0.3 is 14.9 Å². The number of aliphatic carboxylic acids is 1. The van der Waals surface area contributed by atoms with Gasteiger partial charge in [0.25, 0.3) is 0 Å². The molecule has 0 radical (unpaired) electrons. The number of amides is 2. The highest BCUT2D eigenvalue weighted by Crippen LogP contribution is 2.31. The van der Waals surface area contributed by atoms with Crippen LogP contribution in [-0.4, -0.2) is 57.9 Å². The van der Waals surface area contributed by atoms with Crippen molar-refractivity contribution in [1.29, 1.82) is 0 Å². The van der Waals surface area contributed by atoms with Crippen LogP contribution < -0.4 is 0 Å². The van der Waals surface area contributed by atoms with E-state index in [2.05, 4.69) is 0 Å². The largest absolute Gasteiger partial charge is 0.481 e. The minimum absolute atomic E-state index is 0.126.